The molecule has 3 aromatic rings. The Labute approximate surface area is 244 Å². The first-order chi connectivity index (χ1) is 19.9. The van der Waals surface area contributed by atoms with Crippen LogP contribution in [-0.2, 0) is 9.53 Å². The molecule has 0 N–H and O–H groups in total. The number of allylic oxidation sites excluding steroid dienone is 1. The number of ether oxygens (including phenoxy) is 3. The van der Waals surface area contributed by atoms with Gasteiger partial charge in [-0.3, -0.25) is 9.36 Å². The maximum absolute atomic E-state index is 14.1. The molecule has 1 atom stereocenters. The molecule has 0 radical (unpaired) electrons. The first kappa shape index (κ1) is 28.7. The van der Waals surface area contributed by atoms with Gasteiger partial charge in [0.15, 0.2) is 4.80 Å². The van der Waals surface area contributed by atoms with Crippen LogP contribution < -0.4 is 29.3 Å². The molecule has 2 aliphatic rings. The quantitative estimate of drug-likeness (QED) is 0.350. The van der Waals surface area contributed by atoms with Crippen molar-refractivity contribution in [1.82, 2.24) is 4.57 Å². The Morgan fingerprint density at radius 3 is 2.54 bits per heavy atom. The summed E-state index contributed by atoms with van der Waals surface area (Å²) in [6.07, 6.45) is 5.70. The number of hydrogen-bond acceptors (Lipinski definition) is 8. The molecule has 0 amide bonds. The highest BCUT2D eigenvalue weighted by atomic mass is 32.1. The molecule has 2 aromatic carbocycles. The Balaban J connectivity index is 1.71. The number of nitrogens with zero attached hydrogens (tertiary/aromatic N) is 3. The Morgan fingerprint density at radius 1 is 1.10 bits per heavy atom. The summed E-state index contributed by atoms with van der Waals surface area (Å²) < 4.78 is 18.9. The van der Waals surface area contributed by atoms with E-state index >= 15 is 0 Å². The minimum absolute atomic E-state index is 0.209. The third-order valence-corrected chi connectivity index (χ3v) is 8.57. The zero-order valence-corrected chi connectivity index (χ0v) is 25.2. The third kappa shape index (κ3) is 5.55. The monoisotopic (exact) mass is 575 g/mol. The second-order valence-corrected chi connectivity index (χ2v) is 11.3. The van der Waals surface area contributed by atoms with Gasteiger partial charge in [-0.1, -0.05) is 30.7 Å². The number of carbonyl (C=O) groups is 1. The maximum Gasteiger partial charge on any atom is 0.338 e. The number of aryl methyl sites for hydroxylation is 1. The van der Waals surface area contributed by atoms with Crippen molar-refractivity contribution in [3.63, 3.8) is 0 Å². The number of rotatable bonds is 9. The van der Waals surface area contributed by atoms with Gasteiger partial charge >= 0.3 is 5.97 Å². The average Bonchev–Trinajstić information content (AvgIpc) is 3.61. The molecular weight excluding hydrogens is 538 g/mol. The van der Waals surface area contributed by atoms with E-state index in [1.165, 1.54) is 35.4 Å². The smallest absolute Gasteiger partial charge is 0.338 e. The van der Waals surface area contributed by atoms with E-state index in [9.17, 15) is 9.59 Å². The highest BCUT2D eigenvalue weighted by Crippen LogP contribution is 2.38. The van der Waals surface area contributed by atoms with Crippen LogP contribution in [0.2, 0.25) is 0 Å². The van der Waals surface area contributed by atoms with Gasteiger partial charge in [0.1, 0.15) is 17.5 Å². The Hall–Kier alpha value is -3.85. The number of thiazole rings is 1. The first-order valence-corrected chi connectivity index (χ1v) is 15.0. The van der Waals surface area contributed by atoms with Crippen molar-refractivity contribution < 1.29 is 19.0 Å². The summed E-state index contributed by atoms with van der Waals surface area (Å²) in [4.78, 5) is 35.4. The topological polar surface area (TPSA) is 82.4 Å². The van der Waals surface area contributed by atoms with E-state index in [2.05, 4.69) is 30.0 Å². The van der Waals surface area contributed by atoms with Gasteiger partial charge in [-0.15, -0.1) is 0 Å². The van der Waals surface area contributed by atoms with Crippen LogP contribution in [0.1, 0.15) is 62.3 Å². The molecule has 9 heteroatoms. The lowest BCUT2D eigenvalue weighted by atomic mass is 9.93. The Kier molecular flexibility index (Phi) is 8.63. The van der Waals surface area contributed by atoms with Gasteiger partial charge in [-0.05, 0) is 80.6 Å². The molecule has 1 aromatic heterocycles. The van der Waals surface area contributed by atoms with Gasteiger partial charge in [0.2, 0.25) is 0 Å². The Morgan fingerprint density at radius 2 is 1.88 bits per heavy atom. The summed E-state index contributed by atoms with van der Waals surface area (Å²) in [5.41, 5.74) is 4.77. The Bertz CT molecular complexity index is 1660. The molecule has 0 saturated carbocycles. The zero-order chi connectivity index (χ0) is 29.1. The molecule has 5 rings (SSSR count). The predicted octanol–water partition coefficient (Wildman–Crippen LogP) is 4.50. The van der Waals surface area contributed by atoms with Gasteiger partial charge in [0.05, 0.1) is 36.6 Å². The normalized spacial score (nSPS) is 17.0. The molecule has 2 aliphatic heterocycles. The number of anilines is 1. The number of fused-ring (bicyclic) bond motifs is 1. The molecule has 1 saturated heterocycles. The van der Waals surface area contributed by atoms with Crippen molar-refractivity contribution in [1.29, 1.82) is 0 Å². The van der Waals surface area contributed by atoms with Crippen LogP contribution in [0.15, 0.2) is 57.5 Å². The zero-order valence-electron chi connectivity index (χ0n) is 24.4. The number of aromatic nitrogens is 1. The lowest BCUT2D eigenvalue weighted by Gasteiger charge is -2.27. The largest absolute Gasteiger partial charge is 0.497 e. The van der Waals surface area contributed by atoms with Crippen LogP contribution in [0.4, 0.5) is 5.69 Å². The molecule has 0 unspecified atom stereocenters. The fourth-order valence-electron chi connectivity index (χ4n) is 5.70. The van der Waals surface area contributed by atoms with Gasteiger partial charge < -0.3 is 19.1 Å². The standard InChI is InChI=1S/C32H37N3O5S/c1-6-10-24-28(31(37)40-7-2)29(23-19-22(38-4)12-14-26(23)39-5)35-30(36)27(41-32(35)33-24)18-21-11-13-25(20(3)17-21)34-15-8-9-16-34/h11-14,17-19,29H,6-10,15-16H2,1-5H3/b27-18-/t29-/m1/s1. The highest BCUT2D eigenvalue weighted by molar-refractivity contribution is 7.07. The van der Waals surface area contributed by atoms with E-state index in [0.29, 0.717) is 44.1 Å². The van der Waals surface area contributed by atoms with Crippen LogP contribution in [0.3, 0.4) is 0 Å². The molecular formula is C32H37N3O5S. The minimum atomic E-state index is -0.779. The molecule has 1 fully saturated rings. The van der Waals surface area contributed by atoms with Gasteiger partial charge in [-0.25, -0.2) is 9.79 Å². The van der Waals surface area contributed by atoms with Crippen molar-refractivity contribution in [3.05, 3.63) is 84.0 Å². The number of methoxy groups -OCH3 is 2. The number of esters is 1. The fourth-order valence-corrected chi connectivity index (χ4v) is 6.72. The fraction of sp³-hybridized carbons (Fsp3) is 0.406. The maximum atomic E-state index is 14.1. The summed E-state index contributed by atoms with van der Waals surface area (Å²) in [7, 11) is 3.16. The average molecular weight is 576 g/mol. The molecule has 0 spiro atoms. The van der Waals surface area contributed by atoms with E-state index in [4.69, 9.17) is 19.2 Å². The summed E-state index contributed by atoms with van der Waals surface area (Å²) in [6, 6.07) is 11.0. The summed E-state index contributed by atoms with van der Waals surface area (Å²) in [5.74, 6) is 0.642. The third-order valence-electron chi connectivity index (χ3n) is 7.59. The van der Waals surface area contributed by atoms with Crippen molar-refractivity contribution in [2.45, 2.75) is 52.5 Å². The molecule has 216 valence electrons. The van der Waals surface area contributed by atoms with Gasteiger partial charge in [0, 0.05) is 24.3 Å². The van der Waals surface area contributed by atoms with Crippen LogP contribution >= 0.6 is 11.3 Å². The van der Waals surface area contributed by atoms with Gasteiger partial charge in [0.25, 0.3) is 5.56 Å². The van der Waals surface area contributed by atoms with E-state index < -0.39 is 12.0 Å². The van der Waals surface area contributed by atoms with Crippen LogP contribution in [0, 0.1) is 6.92 Å². The van der Waals surface area contributed by atoms with E-state index in [0.717, 1.165) is 25.1 Å². The van der Waals surface area contributed by atoms with Crippen molar-refractivity contribution in [3.8, 4) is 11.5 Å². The van der Waals surface area contributed by atoms with Crippen LogP contribution in [-0.4, -0.2) is 44.5 Å². The van der Waals surface area contributed by atoms with Crippen molar-refractivity contribution in [2.24, 2.45) is 4.99 Å². The van der Waals surface area contributed by atoms with E-state index in [1.54, 1.807) is 37.8 Å². The SMILES string of the molecule is CCCC1=C(C(=O)OCC)[C@@H](c2cc(OC)ccc2OC)n2c(s/c(=C\c3ccc(N4CCCC4)c(C)c3)c2=O)=N1. The second-order valence-electron chi connectivity index (χ2n) is 10.3. The van der Waals surface area contributed by atoms with E-state index in [-0.39, 0.29) is 12.2 Å². The lowest BCUT2D eigenvalue weighted by Crippen LogP contribution is -2.40. The first-order valence-electron chi connectivity index (χ1n) is 14.2. The molecule has 0 bridgehead atoms. The molecule has 3 heterocycles. The summed E-state index contributed by atoms with van der Waals surface area (Å²) >= 11 is 1.33. The van der Waals surface area contributed by atoms with Gasteiger partial charge in [-0.2, -0.15) is 0 Å². The number of benzene rings is 2. The predicted molar refractivity (Wildman–Crippen MR) is 162 cm³/mol. The minimum Gasteiger partial charge on any atom is -0.497 e. The second kappa shape index (κ2) is 12.3. The highest BCUT2D eigenvalue weighted by Gasteiger charge is 2.36. The summed E-state index contributed by atoms with van der Waals surface area (Å²) in [6.45, 7) is 8.29. The van der Waals surface area contributed by atoms with Crippen molar-refractivity contribution in [2.75, 3.05) is 38.8 Å². The van der Waals surface area contributed by atoms with Crippen LogP contribution in [0.25, 0.3) is 6.08 Å². The van der Waals surface area contributed by atoms with Crippen molar-refractivity contribution >= 4 is 29.1 Å². The number of hydrogen-bond donors (Lipinski definition) is 0. The van der Waals surface area contributed by atoms with E-state index in [1.807, 2.05) is 19.1 Å². The molecule has 41 heavy (non-hydrogen) atoms. The number of carbonyl (C=O) groups excluding carboxylic acids is 1. The molecule has 8 nitrogen and oxygen atoms in total. The summed E-state index contributed by atoms with van der Waals surface area (Å²) in [5, 5.41) is 0. The lowest BCUT2D eigenvalue weighted by molar-refractivity contribution is -0.139. The molecule has 0 aliphatic carbocycles. The van der Waals surface area contributed by atoms with Crippen LogP contribution in [0.5, 0.6) is 11.5 Å².